The molecule has 2 aromatic carbocycles. The summed E-state index contributed by atoms with van der Waals surface area (Å²) < 4.78 is 19.9. The van der Waals surface area contributed by atoms with E-state index in [-0.39, 0.29) is 58.6 Å². The second kappa shape index (κ2) is 9.83. The maximum absolute atomic E-state index is 11.4. The number of hydrogen-bond donors (Lipinski definition) is 2. The number of benzene rings is 2. The molecule has 2 heterocycles. The number of methoxy groups -OCH3 is 2. The lowest BCUT2D eigenvalue weighted by Gasteiger charge is -2.13. The lowest BCUT2D eigenvalue weighted by molar-refractivity contribution is -0.107. The first-order valence-corrected chi connectivity index (χ1v) is 10.1. The van der Waals surface area contributed by atoms with E-state index in [9.17, 15) is 24.6 Å². The van der Waals surface area contributed by atoms with Crippen molar-refractivity contribution in [1.82, 2.24) is 0 Å². The second-order valence-corrected chi connectivity index (χ2v) is 7.36. The Morgan fingerprint density at radius 3 is 2.27 bits per heavy atom. The van der Waals surface area contributed by atoms with Crippen LogP contribution in [0.15, 0.2) is 18.7 Å². The Balaban J connectivity index is 0.000000186. The fourth-order valence-corrected chi connectivity index (χ4v) is 3.99. The summed E-state index contributed by atoms with van der Waals surface area (Å²) in [6.45, 7) is 3.79. The molecule has 2 aromatic rings. The van der Waals surface area contributed by atoms with Crippen LogP contribution < -0.4 is 9.47 Å². The number of hydrogen-bond acceptors (Lipinski definition) is 9. The predicted octanol–water partition coefficient (Wildman–Crippen LogP) is 3.27. The van der Waals surface area contributed by atoms with Gasteiger partial charge in [-0.3, -0.25) is 0 Å². The Kier molecular flexibility index (Phi) is 7.13. The number of halogens is 1. The van der Waals surface area contributed by atoms with Crippen LogP contribution in [0.1, 0.15) is 43.0 Å². The zero-order valence-corrected chi connectivity index (χ0v) is 18.7. The van der Waals surface area contributed by atoms with Crippen LogP contribution in [0.3, 0.4) is 0 Å². The minimum atomic E-state index is -0.644. The first kappa shape index (κ1) is 23.9. The summed E-state index contributed by atoms with van der Waals surface area (Å²) in [6, 6.07) is 1.72. The third-order valence-electron chi connectivity index (χ3n) is 5.18. The van der Waals surface area contributed by atoms with Crippen molar-refractivity contribution < 1.29 is 43.5 Å². The summed E-state index contributed by atoms with van der Waals surface area (Å²) in [4.78, 5) is 33.4. The number of esters is 2. The van der Waals surface area contributed by atoms with Gasteiger partial charge in [-0.15, -0.1) is 6.58 Å². The summed E-state index contributed by atoms with van der Waals surface area (Å²) in [6.07, 6.45) is 2.59. The number of aldehydes is 1. The largest absolute Gasteiger partial charge is 0.507 e. The van der Waals surface area contributed by atoms with Crippen molar-refractivity contribution in [3.8, 4) is 23.0 Å². The summed E-state index contributed by atoms with van der Waals surface area (Å²) in [5.74, 6) is -0.731. The van der Waals surface area contributed by atoms with E-state index in [1.54, 1.807) is 12.1 Å². The van der Waals surface area contributed by atoms with Gasteiger partial charge in [0.05, 0.1) is 19.2 Å². The Hall–Kier alpha value is -3.72. The van der Waals surface area contributed by atoms with Crippen LogP contribution >= 0.6 is 11.6 Å². The molecular formula is C23H21ClO9. The van der Waals surface area contributed by atoms with Crippen molar-refractivity contribution in [2.75, 3.05) is 14.2 Å². The predicted molar refractivity (Wildman–Crippen MR) is 116 cm³/mol. The Labute approximate surface area is 194 Å². The maximum atomic E-state index is 11.4. The Bertz CT molecular complexity index is 1150. The van der Waals surface area contributed by atoms with Gasteiger partial charge in [-0.05, 0) is 12.5 Å². The standard InChI is InChI=1S/C12H12O4.C11H9ClO5/c1-3-4-8-9(15-2)5-7-6-16-12(14)10(7)11(8)13;1-16-10-5(2-3-13)9(14)7-6(8(10)12)4-17-11(7)15/h3,5,13H,1,4,6H2,2H3;3,14H,2,4H2,1H3. The third-order valence-corrected chi connectivity index (χ3v) is 5.58. The van der Waals surface area contributed by atoms with Crippen LogP contribution in [-0.2, 0) is 40.3 Å². The van der Waals surface area contributed by atoms with Gasteiger partial charge in [0.15, 0.2) is 0 Å². The molecule has 0 amide bonds. The zero-order chi connectivity index (χ0) is 24.3. The molecule has 0 saturated heterocycles. The zero-order valence-electron chi connectivity index (χ0n) is 17.9. The number of phenols is 2. The monoisotopic (exact) mass is 476 g/mol. The smallest absolute Gasteiger partial charge is 0.342 e. The first-order valence-electron chi connectivity index (χ1n) is 9.71. The molecule has 9 nitrogen and oxygen atoms in total. The van der Waals surface area contributed by atoms with Gasteiger partial charge in [0, 0.05) is 28.7 Å². The molecule has 0 spiro atoms. The van der Waals surface area contributed by atoms with Crippen molar-refractivity contribution in [2.24, 2.45) is 0 Å². The molecule has 0 aromatic heterocycles. The minimum absolute atomic E-state index is 0.00170. The number of ether oxygens (including phenoxy) is 4. The molecular weight excluding hydrogens is 456 g/mol. The van der Waals surface area contributed by atoms with Gasteiger partial charge in [-0.1, -0.05) is 17.7 Å². The molecule has 0 aliphatic carbocycles. The molecule has 2 aliphatic rings. The summed E-state index contributed by atoms with van der Waals surface area (Å²) >= 11 is 6.05. The molecule has 0 atom stereocenters. The highest BCUT2D eigenvalue weighted by Crippen LogP contribution is 2.44. The van der Waals surface area contributed by atoms with Crippen molar-refractivity contribution in [3.05, 3.63) is 57.1 Å². The highest BCUT2D eigenvalue weighted by atomic mass is 35.5. The van der Waals surface area contributed by atoms with Gasteiger partial charge >= 0.3 is 11.9 Å². The Morgan fingerprint density at radius 2 is 1.67 bits per heavy atom. The van der Waals surface area contributed by atoms with Crippen molar-refractivity contribution >= 4 is 29.8 Å². The van der Waals surface area contributed by atoms with Gasteiger partial charge in [-0.25, -0.2) is 9.59 Å². The number of carbonyl (C=O) groups is 3. The number of phenolic OH excluding ortho intramolecular Hbond substituents is 2. The third kappa shape index (κ3) is 4.19. The topological polar surface area (TPSA) is 129 Å². The van der Waals surface area contributed by atoms with Crippen molar-refractivity contribution in [1.29, 1.82) is 0 Å². The minimum Gasteiger partial charge on any atom is -0.507 e. The molecule has 174 valence electrons. The van der Waals surface area contributed by atoms with Gasteiger partial charge in [0.1, 0.15) is 53.6 Å². The van der Waals surface area contributed by atoms with Crippen LogP contribution in [0.25, 0.3) is 0 Å². The van der Waals surface area contributed by atoms with Crippen LogP contribution in [0.5, 0.6) is 23.0 Å². The summed E-state index contributed by atoms with van der Waals surface area (Å²) in [7, 11) is 2.89. The number of carbonyl (C=O) groups excluding carboxylic acids is 3. The number of aromatic hydroxyl groups is 2. The first-order chi connectivity index (χ1) is 15.8. The number of rotatable bonds is 6. The number of cyclic esters (lactones) is 2. The Morgan fingerprint density at radius 1 is 1.03 bits per heavy atom. The van der Waals surface area contributed by atoms with Crippen LogP contribution in [0, 0.1) is 0 Å². The lowest BCUT2D eigenvalue weighted by atomic mass is 10.0. The van der Waals surface area contributed by atoms with E-state index < -0.39 is 11.9 Å². The van der Waals surface area contributed by atoms with Gasteiger partial charge < -0.3 is 34.0 Å². The fraction of sp³-hybridized carbons (Fsp3) is 0.261. The molecule has 10 heteroatoms. The van der Waals surface area contributed by atoms with E-state index in [0.29, 0.717) is 35.1 Å². The highest BCUT2D eigenvalue weighted by Gasteiger charge is 2.33. The molecule has 0 radical (unpaired) electrons. The van der Waals surface area contributed by atoms with E-state index >= 15 is 0 Å². The summed E-state index contributed by atoms with van der Waals surface area (Å²) in [5, 5.41) is 20.1. The van der Waals surface area contributed by atoms with Gasteiger partial charge in [0.25, 0.3) is 0 Å². The van der Waals surface area contributed by atoms with E-state index in [1.165, 1.54) is 14.2 Å². The average Bonchev–Trinajstić information content (AvgIpc) is 3.37. The summed E-state index contributed by atoms with van der Waals surface area (Å²) in [5.41, 5.74) is 2.08. The average molecular weight is 477 g/mol. The molecule has 0 unspecified atom stereocenters. The quantitative estimate of drug-likeness (QED) is 0.366. The molecule has 2 N–H and O–H groups in total. The molecule has 4 rings (SSSR count). The van der Waals surface area contributed by atoms with Crippen molar-refractivity contribution in [3.63, 3.8) is 0 Å². The SMILES string of the molecule is C=CCc1c(OC)cc2c(c1O)C(=O)OC2.COc1c(Cl)c2c(c(O)c1CC=O)C(=O)OC2. The molecule has 0 fully saturated rings. The van der Waals surface area contributed by atoms with Gasteiger partial charge in [0.2, 0.25) is 0 Å². The molecule has 2 aliphatic heterocycles. The fourth-order valence-electron chi connectivity index (χ4n) is 3.65. The lowest BCUT2D eigenvalue weighted by Crippen LogP contribution is -2.02. The molecule has 33 heavy (non-hydrogen) atoms. The molecule has 0 bridgehead atoms. The number of fused-ring (bicyclic) bond motifs is 2. The van der Waals surface area contributed by atoms with Crippen LogP contribution in [-0.4, -0.2) is 42.7 Å². The van der Waals surface area contributed by atoms with E-state index in [0.717, 1.165) is 0 Å². The van der Waals surface area contributed by atoms with Gasteiger partial charge in [-0.2, -0.15) is 0 Å². The van der Waals surface area contributed by atoms with Crippen LogP contribution in [0.4, 0.5) is 0 Å². The van der Waals surface area contributed by atoms with E-state index in [2.05, 4.69) is 6.58 Å². The normalized spacial score (nSPS) is 13.2. The number of allylic oxidation sites excluding steroid dienone is 1. The van der Waals surface area contributed by atoms with E-state index in [4.69, 9.17) is 30.5 Å². The highest BCUT2D eigenvalue weighted by molar-refractivity contribution is 6.34. The second-order valence-electron chi connectivity index (χ2n) is 6.98. The molecule has 0 saturated carbocycles. The van der Waals surface area contributed by atoms with E-state index in [1.807, 2.05) is 0 Å². The van der Waals surface area contributed by atoms with Crippen molar-refractivity contribution in [2.45, 2.75) is 26.1 Å². The van der Waals surface area contributed by atoms with Crippen LogP contribution in [0.2, 0.25) is 5.02 Å². The maximum Gasteiger partial charge on any atom is 0.342 e.